The van der Waals surface area contributed by atoms with E-state index >= 15 is 0 Å². The Balaban J connectivity index is 2.24. The van der Waals surface area contributed by atoms with E-state index in [2.05, 4.69) is 18.7 Å². The van der Waals surface area contributed by atoms with Crippen molar-refractivity contribution < 1.29 is 9.66 Å². The first-order valence-corrected chi connectivity index (χ1v) is 6.59. The number of hydrogen-bond donors (Lipinski definition) is 0. The number of benzene rings is 1. The van der Waals surface area contributed by atoms with Gasteiger partial charge in [0.05, 0.1) is 17.1 Å². The van der Waals surface area contributed by atoms with Crippen molar-refractivity contribution in [3.05, 3.63) is 33.9 Å². The van der Waals surface area contributed by atoms with E-state index in [0.717, 1.165) is 30.8 Å². The maximum absolute atomic E-state index is 10.8. The highest BCUT2D eigenvalue weighted by atomic mass is 16.6. The molecule has 5 heteroatoms. The summed E-state index contributed by atoms with van der Waals surface area (Å²) in [5, 5.41) is 10.8. The molecule has 0 amide bonds. The van der Waals surface area contributed by atoms with Crippen LogP contribution in [0.4, 0.5) is 11.4 Å². The third-order valence-electron chi connectivity index (χ3n) is 3.82. The zero-order chi connectivity index (χ0) is 14.0. The van der Waals surface area contributed by atoms with Crippen LogP contribution in [0.1, 0.15) is 25.8 Å². The first-order chi connectivity index (χ1) is 8.95. The molecule has 1 aromatic carbocycles. The van der Waals surface area contributed by atoms with Gasteiger partial charge in [-0.3, -0.25) is 10.1 Å². The molecule has 1 fully saturated rings. The van der Waals surface area contributed by atoms with Crippen molar-refractivity contribution in [2.75, 3.05) is 24.6 Å². The van der Waals surface area contributed by atoms with Gasteiger partial charge in [0, 0.05) is 30.9 Å². The lowest BCUT2D eigenvalue weighted by atomic mass is 10.00. The molecule has 1 aliphatic rings. The van der Waals surface area contributed by atoms with Crippen LogP contribution < -0.4 is 4.90 Å². The Hall–Kier alpha value is -1.62. The molecule has 1 aliphatic heterocycles. The van der Waals surface area contributed by atoms with Gasteiger partial charge in [0.15, 0.2) is 0 Å². The van der Waals surface area contributed by atoms with E-state index in [1.807, 2.05) is 13.0 Å². The second-order valence-electron chi connectivity index (χ2n) is 5.30. The molecule has 19 heavy (non-hydrogen) atoms. The molecule has 0 spiro atoms. The maximum Gasteiger partial charge on any atom is 0.269 e. The lowest BCUT2D eigenvalue weighted by Crippen LogP contribution is -2.50. The minimum Gasteiger partial charge on any atom is -0.372 e. The zero-order valence-corrected chi connectivity index (χ0v) is 11.7. The van der Waals surface area contributed by atoms with Crippen LogP contribution in [0.3, 0.4) is 0 Å². The van der Waals surface area contributed by atoms with Gasteiger partial charge in [-0.15, -0.1) is 0 Å². The summed E-state index contributed by atoms with van der Waals surface area (Å²) in [6, 6.07) is 5.05. The number of non-ortho nitro benzene ring substituents is 1. The van der Waals surface area contributed by atoms with E-state index in [1.54, 1.807) is 12.1 Å². The van der Waals surface area contributed by atoms with Crippen LogP contribution in [0, 0.1) is 17.0 Å². The van der Waals surface area contributed by atoms with E-state index in [1.165, 1.54) is 0 Å². The maximum atomic E-state index is 10.8. The lowest BCUT2D eigenvalue weighted by Gasteiger charge is -2.41. The first kappa shape index (κ1) is 13.8. The van der Waals surface area contributed by atoms with E-state index in [9.17, 15) is 10.1 Å². The minimum absolute atomic E-state index is 0.132. The number of nitro benzene ring substituents is 1. The van der Waals surface area contributed by atoms with Gasteiger partial charge in [0.2, 0.25) is 0 Å². The molecule has 1 atom stereocenters. The number of ether oxygens (including phenoxy) is 1. The summed E-state index contributed by atoms with van der Waals surface area (Å²) in [7, 11) is 0. The van der Waals surface area contributed by atoms with Gasteiger partial charge in [-0.25, -0.2) is 0 Å². The number of nitro groups is 1. The van der Waals surface area contributed by atoms with Crippen LogP contribution in [0.25, 0.3) is 0 Å². The molecule has 1 saturated heterocycles. The fourth-order valence-corrected chi connectivity index (χ4v) is 2.46. The van der Waals surface area contributed by atoms with E-state index in [0.29, 0.717) is 6.61 Å². The Morgan fingerprint density at radius 3 is 2.84 bits per heavy atom. The van der Waals surface area contributed by atoms with Crippen LogP contribution in [0.5, 0.6) is 0 Å². The van der Waals surface area contributed by atoms with Crippen LogP contribution in [-0.2, 0) is 4.74 Å². The highest BCUT2D eigenvalue weighted by molar-refractivity contribution is 5.57. The van der Waals surface area contributed by atoms with E-state index in [-0.39, 0.29) is 16.2 Å². The van der Waals surface area contributed by atoms with Crippen LogP contribution in [0.15, 0.2) is 18.2 Å². The fourth-order valence-electron chi connectivity index (χ4n) is 2.46. The molecule has 104 valence electrons. The summed E-state index contributed by atoms with van der Waals surface area (Å²) in [6.07, 6.45) is 0.954. The molecule has 1 unspecified atom stereocenters. The van der Waals surface area contributed by atoms with Gasteiger partial charge < -0.3 is 9.64 Å². The predicted molar refractivity (Wildman–Crippen MR) is 74.7 cm³/mol. The van der Waals surface area contributed by atoms with Crippen molar-refractivity contribution in [3.63, 3.8) is 0 Å². The average molecular weight is 264 g/mol. The SMILES string of the molecule is CCC1(C)CN(c2ccc([N+](=O)[O-])cc2C)CCO1. The average Bonchev–Trinajstić information content (AvgIpc) is 2.38. The number of nitrogens with zero attached hydrogens (tertiary/aromatic N) is 2. The van der Waals surface area contributed by atoms with Crippen LogP contribution in [0.2, 0.25) is 0 Å². The predicted octanol–water partition coefficient (Wildman–Crippen LogP) is 2.91. The van der Waals surface area contributed by atoms with Crippen LogP contribution in [-0.4, -0.2) is 30.2 Å². The third-order valence-corrected chi connectivity index (χ3v) is 3.82. The Kier molecular flexibility index (Phi) is 3.75. The monoisotopic (exact) mass is 264 g/mol. The summed E-state index contributed by atoms with van der Waals surface area (Å²) in [6.45, 7) is 8.49. The lowest BCUT2D eigenvalue weighted by molar-refractivity contribution is -0.384. The second-order valence-corrected chi connectivity index (χ2v) is 5.30. The number of hydrogen-bond acceptors (Lipinski definition) is 4. The summed E-state index contributed by atoms with van der Waals surface area (Å²) in [5.41, 5.74) is 2.02. The molecule has 2 rings (SSSR count). The van der Waals surface area contributed by atoms with Crippen molar-refractivity contribution in [1.29, 1.82) is 0 Å². The molecular weight excluding hydrogens is 244 g/mol. The highest BCUT2D eigenvalue weighted by Gasteiger charge is 2.31. The minimum atomic E-state index is -0.355. The van der Waals surface area contributed by atoms with Gasteiger partial charge in [-0.2, -0.15) is 0 Å². The van der Waals surface area contributed by atoms with Crippen molar-refractivity contribution in [1.82, 2.24) is 0 Å². The molecule has 0 saturated carbocycles. The Morgan fingerprint density at radius 1 is 1.53 bits per heavy atom. The van der Waals surface area contributed by atoms with Gasteiger partial charge in [0.25, 0.3) is 5.69 Å². The number of anilines is 1. The Labute approximate surface area is 113 Å². The summed E-state index contributed by atoms with van der Waals surface area (Å²) in [4.78, 5) is 12.7. The van der Waals surface area contributed by atoms with E-state index < -0.39 is 0 Å². The first-order valence-electron chi connectivity index (χ1n) is 6.59. The molecule has 0 aromatic heterocycles. The molecule has 1 heterocycles. The van der Waals surface area contributed by atoms with Gasteiger partial charge in [0.1, 0.15) is 0 Å². The zero-order valence-electron chi connectivity index (χ0n) is 11.7. The third kappa shape index (κ3) is 2.87. The number of morpholine rings is 1. The Bertz CT molecular complexity index is 490. The standard InChI is InChI=1S/C14H20N2O3/c1-4-14(3)10-15(7-8-19-14)13-6-5-12(16(17)18)9-11(13)2/h5-6,9H,4,7-8,10H2,1-3H3. The Morgan fingerprint density at radius 2 is 2.26 bits per heavy atom. The summed E-state index contributed by atoms with van der Waals surface area (Å²) >= 11 is 0. The van der Waals surface area contributed by atoms with Crippen molar-refractivity contribution in [3.8, 4) is 0 Å². The molecule has 0 aliphatic carbocycles. The van der Waals surface area contributed by atoms with Crippen molar-refractivity contribution >= 4 is 11.4 Å². The van der Waals surface area contributed by atoms with Crippen molar-refractivity contribution in [2.45, 2.75) is 32.8 Å². The summed E-state index contributed by atoms with van der Waals surface area (Å²) in [5.74, 6) is 0. The van der Waals surface area contributed by atoms with Gasteiger partial charge in [-0.05, 0) is 31.9 Å². The molecule has 0 N–H and O–H groups in total. The largest absolute Gasteiger partial charge is 0.372 e. The molecule has 0 bridgehead atoms. The normalized spacial score (nSPS) is 23.4. The molecule has 0 radical (unpaired) electrons. The molecule has 5 nitrogen and oxygen atoms in total. The quantitative estimate of drug-likeness (QED) is 0.622. The highest BCUT2D eigenvalue weighted by Crippen LogP contribution is 2.29. The van der Waals surface area contributed by atoms with Crippen LogP contribution >= 0.6 is 0 Å². The van der Waals surface area contributed by atoms with Gasteiger partial charge in [-0.1, -0.05) is 6.92 Å². The number of rotatable bonds is 3. The summed E-state index contributed by atoms with van der Waals surface area (Å²) < 4.78 is 5.82. The van der Waals surface area contributed by atoms with Crippen molar-refractivity contribution in [2.24, 2.45) is 0 Å². The fraction of sp³-hybridized carbons (Fsp3) is 0.571. The molecular formula is C14H20N2O3. The second kappa shape index (κ2) is 5.17. The topological polar surface area (TPSA) is 55.6 Å². The number of aryl methyl sites for hydroxylation is 1. The van der Waals surface area contributed by atoms with E-state index in [4.69, 9.17) is 4.74 Å². The van der Waals surface area contributed by atoms with Gasteiger partial charge >= 0.3 is 0 Å². The molecule has 1 aromatic rings. The smallest absolute Gasteiger partial charge is 0.269 e.